The molecule has 2 aromatic rings. The summed E-state index contributed by atoms with van der Waals surface area (Å²) in [6.07, 6.45) is 0. The molecule has 0 aliphatic carbocycles. The highest BCUT2D eigenvalue weighted by atomic mass is 79.9. The number of hydrogen-bond donors (Lipinski definition) is 0. The van der Waals surface area contributed by atoms with E-state index in [-0.39, 0.29) is 5.78 Å². The number of ketones is 1. The van der Waals surface area contributed by atoms with E-state index in [2.05, 4.69) is 15.9 Å². The molecule has 0 saturated carbocycles. The van der Waals surface area contributed by atoms with E-state index in [1.807, 2.05) is 19.9 Å². The van der Waals surface area contributed by atoms with Crippen molar-refractivity contribution in [3.8, 4) is 5.75 Å². The summed E-state index contributed by atoms with van der Waals surface area (Å²) in [6, 6.07) is 6.77. The van der Waals surface area contributed by atoms with Gasteiger partial charge in [-0.2, -0.15) is 0 Å². The molecule has 110 valence electrons. The quantitative estimate of drug-likeness (QED) is 0.639. The summed E-state index contributed by atoms with van der Waals surface area (Å²) in [4.78, 5) is 12.8. The fourth-order valence-corrected chi connectivity index (χ4v) is 3.01. The monoisotopic (exact) mass is 386 g/mol. The molecule has 0 atom stereocenters. The second kappa shape index (κ2) is 6.39. The molecule has 0 saturated heterocycles. The van der Waals surface area contributed by atoms with Gasteiger partial charge in [-0.3, -0.25) is 4.79 Å². The van der Waals surface area contributed by atoms with Crippen LogP contribution in [0.5, 0.6) is 5.75 Å². The Kier molecular flexibility index (Phi) is 4.97. The number of rotatable bonds is 3. The van der Waals surface area contributed by atoms with E-state index >= 15 is 0 Å². The van der Waals surface area contributed by atoms with Gasteiger partial charge in [0.25, 0.3) is 0 Å². The van der Waals surface area contributed by atoms with Crippen LogP contribution in [-0.4, -0.2) is 12.9 Å². The molecule has 0 unspecified atom stereocenters. The third kappa shape index (κ3) is 3.10. The maximum absolute atomic E-state index is 12.8. The summed E-state index contributed by atoms with van der Waals surface area (Å²) in [5.41, 5.74) is 2.72. The van der Waals surface area contributed by atoms with Crippen LogP contribution in [0.4, 0.5) is 0 Å². The van der Waals surface area contributed by atoms with Crippen molar-refractivity contribution in [1.29, 1.82) is 0 Å². The van der Waals surface area contributed by atoms with E-state index in [0.717, 1.165) is 15.6 Å². The van der Waals surface area contributed by atoms with Crippen LogP contribution in [0.25, 0.3) is 0 Å². The molecule has 0 aliphatic rings. The lowest BCUT2D eigenvalue weighted by molar-refractivity contribution is 0.103. The molecule has 21 heavy (non-hydrogen) atoms. The van der Waals surface area contributed by atoms with Crippen LogP contribution in [0.2, 0.25) is 10.0 Å². The number of halogens is 3. The molecule has 0 N–H and O–H groups in total. The molecular weight excluding hydrogens is 375 g/mol. The molecule has 0 bridgehead atoms. The molecular formula is C16H13BrCl2O2. The lowest BCUT2D eigenvalue weighted by Gasteiger charge is -2.15. The molecule has 2 rings (SSSR count). The molecule has 2 nitrogen and oxygen atoms in total. The Morgan fingerprint density at radius 2 is 1.81 bits per heavy atom. The summed E-state index contributed by atoms with van der Waals surface area (Å²) in [5.74, 6) is 0.430. The lowest BCUT2D eigenvalue weighted by atomic mass is 9.96. The Hall–Kier alpha value is -1.03. The average molecular weight is 388 g/mol. The van der Waals surface area contributed by atoms with E-state index in [1.54, 1.807) is 25.3 Å². The van der Waals surface area contributed by atoms with E-state index in [9.17, 15) is 4.79 Å². The van der Waals surface area contributed by atoms with Crippen molar-refractivity contribution in [3.63, 3.8) is 0 Å². The first-order chi connectivity index (χ1) is 9.86. The molecule has 0 aromatic heterocycles. The van der Waals surface area contributed by atoms with Crippen LogP contribution >= 0.6 is 39.1 Å². The summed E-state index contributed by atoms with van der Waals surface area (Å²) < 4.78 is 6.27. The first-order valence-electron chi connectivity index (χ1n) is 6.20. The van der Waals surface area contributed by atoms with Gasteiger partial charge in [0.05, 0.1) is 22.7 Å². The lowest BCUT2D eigenvalue weighted by Crippen LogP contribution is -2.08. The maximum atomic E-state index is 12.8. The largest absolute Gasteiger partial charge is 0.496 e. The zero-order valence-electron chi connectivity index (χ0n) is 11.8. The first-order valence-corrected chi connectivity index (χ1v) is 7.75. The van der Waals surface area contributed by atoms with Gasteiger partial charge in [-0.15, -0.1) is 0 Å². The van der Waals surface area contributed by atoms with E-state index in [0.29, 0.717) is 26.9 Å². The van der Waals surface area contributed by atoms with Gasteiger partial charge >= 0.3 is 0 Å². The van der Waals surface area contributed by atoms with Crippen LogP contribution in [0, 0.1) is 13.8 Å². The third-order valence-electron chi connectivity index (χ3n) is 3.27. The Balaban J connectivity index is 2.65. The van der Waals surface area contributed by atoms with Gasteiger partial charge in [0.1, 0.15) is 5.75 Å². The van der Waals surface area contributed by atoms with Crippen molar-refractivity contribution >= 4 is 44.9 Å². The standard InChI is InChI=1S/C16H13BrCl2O2/c1-8-6-11(17)9(2)14(16(8)21-3)15(20)10-4-5-12(18)13(19)7-10/h4-7H,1-3H3. The topological polar surface area (TPSA) is 26.3 Å². The fraction of sp³-hybridized carbons (Fsp3) is 0.188. The Bertz CT molecular complexity index is 727. The fourth-order valence-electron chi connectivity index (χ4n) is 2.17. The molecule has 0 spiro atoms. The highest BCUT2D eigenvalue weighted by molar-refractivity contribution is 9.10. The smallest absolute Gasteiger partial charge is 0.197 e. The van der Waals surface area contributed by atoms with Crippen LogP contribution in [0.1, 0.15) is 27.0 Å². The zero-order chi connectivity index (χ0) is 15.7. The van der Waals surface area contributed by atoms with Crippen molar-refractivity contribution in [2.45, 2.75) is 13.8 Å². The Labute approximate surface area is 142 Å². The third-order valence-corrected chi connectivity index (χ3v) is 4.84. The van der Waals surface area contributed by atoms with Crippen molar-refractivity contribution in [3.05, 3.63) is 61.0 Å². The Morgan fingerprint density at radius 1 is 1.14 bits per heavy atom. The maximum Gasteiger partial charge on any atom is 0.197 e. The summed E-state index contributed by atoms with van der Waals surface area (Å²) in [5, 5.41) is 0.771. The zero-order valence-corrected chi connectivity index (χ0v) is 14.9. The molecule has 0 aliphatic heterocycles. The highest BCUT2D eigenvalue weighted by Crippen LogP contribution is 2.34. The predicted octanol–water partition coefficient (Wildman–Crippen LogP) is 5.61. The van der Waals surface area contributed by atoms with Crippen LogP contribution in [0.15, 0.2) is 28.7 Å². The predicted molar refractivity (Wildman–Crippen MR) is 90.1 cm³/mol. The number of hydrogen-bond acceptors (Lipinski definition) is 2. The van der Waals surface area contributed by atoms with E-state index < -0.39 is 0 Å². The molecule has 0 amide bonds. The number of carbonyl (C=O) groups excluding carboxylic acids is 1. The van der Waals surface area contributed by atoms with Gasteiger partial charge in [0, 0.05) is 10.0 Å². The summed E-state index contributed by atoms with van der Waals surface area (Å²) in [6.45, 7) is 3.77. The molecule has 2 aromatic carbocycles. The second-order valence-electron chi connectivity index (χ2n) is 4.67. The van der Waals surface area contributed by atoms with Crippen molar-refractivity contribution in [2.75, 3.05) is 7.11 Å². The van der Waals surface area contributed by atoms with Gasteiger partial charge in [-0.1, -0.05) is 39.1 Å². The molecule has 0 radical (unpaired) electrons. The van der Waals surface area contributed by atoms with E-state index in [4.69, 9.17) is 27.9 Å². The highest BCUT2D eigenvalue weighted by Gasteiger charge is 2.21. The summed E-state index contributed by atoms with van der Waals surface area (Å²) in [7, 11) is 1.56. The van der Waals surface area contributed by atoms with Gasteiger partial charge in [-0.25, -0.2) is 0 Å². The SMILES string of the molecule is COc1c(C)cc(Br)c(C)c1C(=O)c1ccc(Cl)c(Cl)c1. The van der Waals surface area contributed by atoms with Gasteiger partial charge in [0.15, 0.2) is 5.78 Å². The average Bonchev–Trinajstić information content (AvgIpc) is 2.44. The molecule has 0 fully saturated rings. The normalized spacial score (nSPS) is 10.6. The molecule has 5 heteroatoms. The van der Waals surface area contributed by atoms with Crippen molar-refractivity contribution < 1.29 is 9.53 Å². The number of benzene rings is 2. The van der Waals surface area contributed by atoms with Crippen molar-refractivity contribution in [2.24, 2.45) is 0 Å². The minimum absolute atomic E-state index is 0.146. The minimum atomic E-state index is -0.146. The van der Waals surface area contributed by atoms with Crippen LogP contribution in [0.3, 0.4) is 0 Å². The summed E-state index contributed by atoms with van der Waals surface area (Å²) >= 11 is 15.4. The van der Waals surface area contributed by atoms with Crippen LogP contribution in [-0.2, 0) is 0 Å². The molecule has 0 heterocycles. The van der Waals surface area contributed by atoms with Crippen LogP contribution < -0.4 is 4.74 Å². The van der Waals surface area contributed by atoms with E-state index in [1.165, 1.54) is 0 Å². The van der Waals surface area contributed by atoms with Gasteiger partial charge in [-0.05, 0) is 49.2 Å². The van der Waals surface area contributed by atoms with Crippen molar-refractivity contribution in [1.82, 2.24) is 0 Å². The number of ether oxygens (including phenoxy) is 1. The minimum Gasteiger partial charge on any atom is -0.496 e. The Morgan fingerprint density at radius 3 is 2.38 bits per heavy atom. The van der Waals surface area contributed by atoms with Gasteiger partial charge in [0.2, 0.25) is 0 Å². The first kappa shape index (κ1) is 16.3. The number of aryl methyl sites for hydroxylation is 1. The van der Waals surface area contributed by atoms with Gasteiger partial charge < -0.3 is 4.74 Å². The number of carbonyl (C=O) groups is 1. The number of methoxy groups -OCH3 is 1. The second-order valence-corrected chi connectivity index (χ2v) is 6.34.